The molecule has 0 radical (unpaired) electrons. The lowest BCUT2D eigenvalue weighted by Gasteiger charge is -2.38. The molecule has 21 heavy (non-hydrogen) atoms. The van der Waals surface area contributed by atoms with Crippen molar-refractivity contribution in [3.05, 3.63) is 30.1 Å². The summed E-state index contributed by atoms with van der Waals surface area (Å²) in [6.07, 6.45) is 12.5. The minimum absolute atomic E-state index is 0.226. The summed E-state index contributed by atoms with van der Waals surface area (Å²) in [6.45, 7) is 0. The number of Topliss-reactive ketones (excluding diaryl/α,β-unsaturated/α-hetero) is 1. The molecule has 2 aliphatic carbocycles. The first-order chi connectivity index (χ1) is 10.3. The normalized spacial score (nSPS) is 29.2. The van der Waals surface area contributed by atoms with Crippen molar-refractivity contribution < 1.29 is 4.79 Å². The molecule has 0 saturated heterocycles. The molecule has 2 aromatic heterocycles. The molecule has 3 atom stereocenters. The standard InChI is InChI=1S/C18H22N2O/c21-17(16-11-20-18-15(16)6-3-9-19-18)14-8-7-12-4-1-2-5-13(12)10-14/h3,6,9,11-14H,1-2,4-5,7-8,10H2,(H,19,20). The van der Waals surface area contributed by atoms with Crippen LogP contribution >= 0.6 is 0 Å². The third kappa shape index (κ3) is 2.29. The molecule has 0 aromatic carbocycles. The lowest BCUT2D eigenvalue weighted by atomic mass is 9.66. The van der Waals surface area contributed by atoms with Crippen LogP contribution in [0.25, 0.3) is 11.0 Å². The summed E-state index contributed by atoms with van der Waals surface area (Å²) in [5.74, 6) is 2.25. The third-order valence-corrected chi connectivity index (χ3v) is 5.63. The van der Waals surface area contributed by atoms with Crippen LogP contribution in [0.1, 0.15) is 55.3 Å². The summed E-state index contributed by atoms with van der Waals surface area (Å²) < 4.78 is 0. The fourth-order valence-electron chi connectivity index (χ4n) is 4.49. The van der Waals surface area contributed by atoms with Crippen LogP contribution in [0.4, 0.5) is 0 Å². The van der Waals surface area contributed by atoms with Gasteiger partial charge in [0.05, 0.1) is 0 Å². The molecule has 110 valence electrons. The lowest BCUT2D eigenvalue weighted by molar-refractivity contribution is 0.0765. The summed E-state index contributed by atoms with van der Waals surface area (Å²) >= 11 is 0. The Balaban J connectivity index is 1.57. The number of hydrogen-bond donors (Lipinski definition) is 1. The number of H-pyrrole nitrogens is 1. The minimum Gasteiger partial charge on any atom is -0.345 e. The number of carbonyl (C=O) groups excluding carboxylic acids is 1. The SMILES string of the molecule is O=C(c1c[nH]c2ncccc12)C1CCC2CCCCC2C1. The Kier molecular flexibility index (Phi) is 3.28. The van der Waals surface area contributed by atoms with E-state index in [0.29, 0.717) is 5.78 Å². The summed E-state index contributed by atoms with van der Waals surface area (Å²) in [6, 6.07) is 3.91. The average Bonchev–Trinajstić information content (AvgIpc) is 2.98. The highest BCUT2D eigenvalue weighted by molar-refractivity contribution is 6.08. The molecule has 3 heteroatoms. The van der Waals surface area contributed by atoms with Gasteiger partial charge in [-0.25, -0.2) is 4.98 Å². The monoisotopic (exact) mass is 282 g/mol. The van der Waals surface area contributed by atoms with E-state index in [2.05, 4.69) is 9.97 Å². The fraction of sp³-hybridized carbons (Fsp3) is 0.556. The van der Waals surface area contributed by atoms with Crippen LogP contribution in [0, 0.1) is 17.8 Å². The number of rotatable bonds is 2. The number of carbonyl (C=O) groups is 1. The number of pyridine rings is 1. The molecule has 2 fully saturated rings. The molecule has 1 N–H and O–H groups in total. The average molecular weight is 282 g/mol. The first-order valence-electron chi connectivity index (χ1n) is 8.29. The number of ketones is 1. The van der Waals surface area contributed by atoms with Gasteiger partial charge < -0.3 is 4.98 Å². The molecular weight excluding hydrogens is 260 g/mol. The van der Waals surface area contributed by atoms with Gasteiger partial charge in [0.15, 0.2) is 5.78 Å². The summed E-state index contributed by atoms with van der Waals surface area (Å²) in [5, 5.41) is 0.980. The Hall–Kier alpha value is -1.64. The molecule has 0 amide bonds. The third-order valence-electron chi connectivity index (χ3n) is 5.63. The second-order valence-corrected chi connectivity index (χ2v) is 6.78. The molecule has 0 bridgehead atoms. The van der Waals surface area contributed by atoms with Gasteiger partial charge >= 0.3 is 0 Å². The Morgan fingerprint density at radius 2 is 2.00 bits per heavy atom. The van der Waals surface area contributed by atoms with Crippen molar-refractivity contribution in [2.24, 2.45) is 17.8 Å². The minimum atomic E-state index is 0.226. The van der Waals surface area contributed by atoms with E-state index < -0.39 is 0 Å². The Morgan fingerprint density at radius 1 is 1.14 bits per heavy atom. The van der Waals surface area contributed by atoms with Crippen molar-refractivity contribution in [1.29, 1.82) is 0 Å². The molecule has 2 aromatic rings. The highest BCUT2D eigenvalue weighted by Gasteiger charge is 2.35. The zero-order valence-electron chi connectivity index (χ0n) is 12.3. The van der Waals surface area contributed by atoms with Gasteiger partial charge in [0.25, 0.3) is 0 Å². The van der Waals surface area contributed by atoms with E-state index in [-0.39, 0.29) is 5.92 Å². The van der Waals surface area contributed by atoms with Gasteiger partial charge in [-0.05, 0) is 43.2 Å². The topological polar surface area (TPSA) is 45.8 Å². The van der Waals surface area contributed by atoms with Crippen molar-refractivity contribution in [3.63, 3.8) is 0 Å². The van der Waals surface area contributed by atoms with E-state index in [4.69, 9.17) is 0 Å². The van der Waals surface area contributed by atoms with Crippen LogP contribution in [0.5, 0.6) is 0 Å². The highest BCUT2D eigenvalue weighted by atomic mass is 16.1. The van der Waals surface area contributed by atoms with Gasteiger partial charge in [0.2, 0.25) is 0 Å². The maximum Gasteiger partial charge on any atom is 0.168 e. The van der Waals surface area contributed by atoms with Gasteiger partial charge in [-0.15, -0.1) is 0 Å². The van der Waals surface area contributed by atoms with E-state index in [1.807, 2.05) is 18.3 Å². The Bertz CT molecular complexity index is 660. The maximum atomic E-state index is 12.9. The molecule has 4 rings (SSSR count). The quantitative estimate of drug-likeness (QED) is 0.832. The van der Waals surface area contributed by atoms with Crippen molar-refractivity contribution in [2.75, 3.05) is 0 Å². The van der Waals surface area contributed by atoms with E-state index in [9.17, 15) is 4.79 Å². The number of aromatic amines is 1. The van der Waals surface area contributed by atoms with Crippen molar-refractivity contribution in [2.45, 2.75) is 44.9 Å². The van der Waals surface area contributed by atoms with Crippen LogP contribution in [0.2, 0.25) is 0 Å². The molecule has 2 heterocycles. The largest absolute Gasteiger partial charge is 0.345 e. The fourth-order valence-corrected chi connectivity index (χ4v) is 4.49. The maximum absolute atomic E-state index is 12.9. The lowest BCUT2D eigenvalue weighted by Crippen LogP contribution is -2.31. The van der Waals surface area contributed by atoms with Gasteiger partial charge in [-0.1, -0.05) is 25.7 Å². The molecule has 0 aliphatic heterocycles. The Morgan fingerprint density at radius 3 is 2.90 bits per heavy atom. The van der Waals surface area contributed by atoms with Gasteiger partial charge in [0, 0.05) is 29.3 Å². The highest BCUT2D eigenvalue weighted by Crippen LogP contribution is 2.43. The van der Waals surface area contributed by atoms with E-state index in [1.54, 1.807) is 6.20 Å². The second kappa shape index (κ2) is 5.28. The van der Waals surface area contributed by atoms with Crippen LogP contribution in [0.3, 0.4) is 0 Å². The van der Waals surface area contributed by atoms with Crippen LogP contribution in [-0.2, 0) is 0 Å². The van der Waals surface area contributed by atoms with Crippen LogP contribution in [-0.4, -0.2) is 15.8 Å². The van der Waals surface area contributed by atoms with Gasteiger partial charge in [0.1, 0.15) is 5.65 Å². The smallest absolute Gasteiger partial charge is 0.168 e. The van der Waals surface area contributed by atoms with Crippen LogP contribution < -0.4 is 0 Å². The predicted molar refractivity (Wildman–Crippen MR) is 83.2 cm³/mol. The molecule has 2 saturated carbocycles. The molecule has 2 aliphatic rings. The summed E-state index contributed by atoms with van der Waals surface area (Å²) in [4.78, 5) is 20.3. The number of fused-ring (bicyclic) bond motifs is 2. The number of aromatic nitrogens is 2. The van der Waals surface area contributed by atoms with Gasteiger partial charge in [-0.3, -0.25) is 4.79 Å². The number of hydrogen-bond acceptors (Lipinski definition) is 2. The number of nitrogens with zero attached hydrogens (tertiary/aromatic N) is 1. The van der Waals surface area contributed by atoms with Crippen LogP contribution in [0.15, 0.2) is 24.5 Å². The molecular formula is C18H22N2O. The van der Waals surface area contributed by atoms with Crippen molar-refractivity contribution in [1.82, 2.24) is 9.97 Å². The number of nitrogens with one attached hydrogen (secondary N) is 1. The van der Waals surface area contributed by atoms with Crippen molar-refractivity contribution in [3.8, 4) is 0 Å². The van der Waals surface area contributed by atoms with E-state index >= 15 is 0 Å². The van der Waals surface area contributed by atoms with E-state index in [0.717, 1.165) is 41.3 Å². The van der Waals surface area contributed by atoms with E-state index in [1.165, 1.54) is 32.1 Å². The zero-order valence-corrected chi connectivity index (χ0v) is 12.3. The predicted octanol–water partition coefficient (Wildman–Crippen LogP) is 4.35. The summed E-state index contributed by atoms with van der Waals surface area (Å²) in [7, 11) is 0. The first kappa shape index (κ1) is 13.1. The second-order valence-electron chi connectivity index (χ2n) is 6.78. The molecule has 3 unspecified atom stereocenters. The first-order valence-corrected chi connectivity index (χ1v) is 8.29. The van der Waals surface area contributed by atoms with Gasteiger partial charge in [-0.2, -0.15) is 0 Å². The molecule has 3 nitrogen and oxygen atoms in total. The summed E-state index contributed by atoms with van der Waals surface area (Å²) in [5.41, 5.74) is 1.67. The molecule has 0 spiro atoms. The zero-order chi connectivity index (χ0) is 14.2. The Labute approximate surface area is 125 Å². The van der Waals surface area contributed by atoms with Crippen molar-refractivity contribution >= 4 is 16.8 Å².